The van der Waals surface area contributed by atoms with Crippen molar-refractivity contribution in [2.75, 3.05) is 0 Å². The smallest absolute Gasteiger partial charge is 0.129 e. The number of rotatable bonds is 1. The van der Waals surface area contributed by atoms with E-state index < -0.39 is 0 Å². The van der Waals surface area contributed by atoms with E-state index in [2.05, 4.69) is 21.0 Å². The van der Waals surface area contributed by atoms with E-state index in [4.69, 9.17) is 10.5 Å². The molecular formula is C14H16BrN3O. The summed E-state index contributed by atoms with van der Waals surface area (Å²) in [6.07, 6.45) is 2.77. The minimum Gasteiger partial charge on any atom is -0.485 e. The van der Waals surface area contributed by atoms with Crippen molar-refractivity contribution in [3.05, 3.63) is 45.7 Å². The van der Waals surface area contributed by atoms with Crippen LogP contribution in [-0.4, -0.2) is 9.78 Å². The highest BCUT2D eigenvalue weighted by Crippen LogP contribution is 2.41. The van der Waals surface area contributed by atoms with Gasteiger partial charge in [-0.05, 0) is 19.1 Å². The standard InChI is InChI=1S/C14H16BrN3O/c1-8-11(7-18(2)17-8)14-6-12(16)10-4-3-9(15)5-13(10)19-14/h3-5,7,12,14H,6,16H2,1-2H3/t12-,14?/m0/s1. The molecule has 2 aromatic rings. The maximum absolute atomic E-state index is 6.26. The average molecular weight is 322 g/mol. The number of nitrogens with zero attached hydrogens (tertiary/aromatic N) is 2. The topological polar surface area (TPSA) is 53.1 Å². The molecule has 1 aromatic heterocycles. The molecule has 2 atom stereocenters. The predicted molar refractivity (Wildman–Crippen MR) is 77.0 cm³/mol. The van der Waals surface area contributed by atoms with Crippen LogP contribution in [0.3, 0.4) is 0 Å². The van der Waals surface area contributed by atoms with Crippen molar-refractivity contribution >= 4 is 15.9 Å². The molecule has 0 amide bonds. The highest BCUT2D eigenvalue weighted by atomic mass is 79.9. The van der Waals surface area contributed by atoms with E-state index in [0.717, 1.165) is 33.5 Å². The van der Waals surface area contributed by atoms with Gasteiger partial charge in [0.1, 0.15) is 11.9 Å². The minimum atomic E-state index is -0.0227. The van der Waals surface area contributed by atoms with E-state index in [1.54, 1.807) is 0 Å². The molecule has 19 heavy (non-hydrogen) atoms. The number of ether oxygens (including phenoxy) is 1. The molecule has 1 unspecified atom stereocenters. The summed E-state index contributed by atoms with van der Waals surface area (Å²) in [6.45, 7) is 2.00. The lowest BCUT2D eigenvalue weighted by Crippen LogP contribution is -2.24. The number of hydrogen-bond acceptors (Lipinski definition) is 3. The third-order valence-electron chi connectivity index (χ3n) is 3.51. The second-order valence-corrected chi connectivity index (χ2v) is 5.89. The van der Waals surface area contributed by atoms with Crippen molar-refractivity contribution in [2.45, 2.75) is 25.5 Å². The Kier molecular flexibility index (Phi) is 3.11. The molecule has 0 saturated carbocycles. The van der Waals surface area contributed by atoms with Crippen molar-refractivity contribution in [2.24, 2.45) is 12.8 Å². The Morgan fingerprint density at radius 3 is 2.89 bits per heavy atom. The van der Waals surface area contributed by atoms with Crippen LogP contribution < -0.4 is 10.5 Å². The Labute approximate surface area is 120 Å². The number of halogens is 1. The van der Waals surface area contributed by atoms with Crippen molar-refractivity contribution in [1.29, 1.82) is 0 Å². The summed E-state index contributed by atoms with van der Waals surface area (Å²) >= 11 is 3.47. The normalized spacial score (nSPS) is 21.9. The Morgan fingerprint density at radius 1 is 1.42 bits per heavy atom. The van der Waals surface area contributed by atoms with E-state index in [-0.39, 0.29) is 12.1 Å². The van der Waals surface area contributed by atoms with Crippen molar-refractivity contribution in [3.63, 3.8) is 0 Å². The van der Waals surface area contributed by atoms with Gasteiger partial charge in [-0.1, -0.05) is 22.0 Å². The number of benzene rings is 1. The van der Waals surface area contributed by atoms with Gasteiger partial charge in [0.25, 0.3) is 0 Å². The number of hydrogen-bond donors (Lipinski definition) is 1. The van der Waals surface area contributed by atoms with Gasteiger partial charge in [-0.2, -0.15) is 5.10 Å². The van der Waals surface area contributed by atoms with Crippen LogP contribution >= 0.6 is 15.9 Å². The zero-order valence-corrected chi connectivity index (χ0v) is 12.5. The Bertz CT molecular complexity index is 623. The van der Waals surface area contributed by atoms with Crippen LogP contribution in [0.5, 0.6) is 5.75 Å². The van der Waals surface area contributed by atoms with Crippen LogP contribution in [0.4, 0.5) is 0 Å². The first-order valence-electron chi connectivity index (χ1n) is 6.26. The molecule has 100 valence electrons. The fourth-order valence-electron chi connectivity index (χ4n) is 2.60. The fraction of sp³-hybridized carbons (Fsp3) is 0.357. The zero-order valence-electron chi connectivity index (χ0n) is 10.9. The van der Waals surface area contributed by atoms with Gasteiger partial charge >= 0.3 is 0 Å². The van der Waals surface area contributed by atoms with E-state index in [0.29, 0.717) is 0 Å². The maximum atomic E-state index is 6.26. The van der Waals surface area contributed by atoms with Gasteiger partial charge < -0.3 is 10.5 Å². The molecule has 0 fully saturated rings. The molecule has 1 aromatic carbocycles. The molecule has 0 aliphatic carbocycles. The summed E-state index contributed by atoms with van der Waals surface area (Å²) in [5.41, 5.74) is 9.44. The summed E-state index contributed by atoms with van der Waals surface area (Å²) in [5.74, 6) is 0.862. The van der Waals surface area contributed by atoms with Crippen molar-refractivity contribution in [3.8, 4) is 5.75 Å². The van der Waals surface area contributed by atoms with Crippen LogP contribution in [-0.2, 0) is 7.05 Å². The number of nitrogens with two attached hydrogens (primary N) is 1. The molecule has 2 N–H and O–H groups in total. The van der Waals surface area contributed by atoms with Gasteiger partial charge in [0.2, 0.25) is 0 Å². The summed E-state index contributed by atoms with van der Waals surface area (Å²) in [4.78, 5) is 0. The van der Waals surface area contributed by atoms with E-state index in [1.807, 2.05) is 43.0 Å². The van der Waals surface area contributed by atoms with E-state index in [9.17, 15) is 0 Å². The fourth-order valence-corrected chi connectivity index (χ4v) is 2.94. The monoisotopic (exact) mass is 321 g/mol. The largest absolute Gasteiger partial charge is 0.485 e. The third-order valence-corrected chi connectivity index (χ3v) is 4.00. The second-order valence-electron chi connectivity index (χ2n) is 4.97. The zero-order chi connectivity index (χ0) is 13.6. The number of aromatic nitrogens is 2. The van der Waals surface area contributed by atoms with Gasteiger partial charge in [0, 0.05) is 41.3 Å². The van der Waals surface area contributed by atoms with Gasteiger partial charge in [-0.25, -0.2) is 0 Å². The minimum absolute atomic E-state index is 0.00135. The van der Waals surface area contributed by atoms with Gasteiger partial charge in [0.15, 0.2) is 0 Å². The first-order valence-corrected chi connectivity index (χ1v) is 7.05. The Morgan fingerprint density at radius 2 is 2.21 bits per heavy atom. The molecule has 0 saturated heterocycles. The average Bonchev–Trinajstić information content (AvgIpc) is 2.67. The van der Waals surface area contributed by atoms with Gasteiger partial charge in [-0.3, -0.25) is 4.68 Å². The highest BCUT2D eigenvalue weighted by Gasteiger charge is 2.29. The highest BCUT2D eigenvalue weighted by molar-refractivity contribution is 9.10. The molecule has 5 heteroatoms. The Balaban J connectivity index is 1.98. The molecule has 0 radical (unpaired) electrons. The number of aryl methyl sites for hydroxylation is 2. The third kappa shape index (κ3) is 2.28. The SMILES string of the molecule is Cc1nn(C)cc1C1C[C@H](N)c2ccc(Br)cc2O1. The van der Waals surface area contributed by atoms with Gasteiger partial charge in [0.05, 0.1) is 5.69 Å². The molecule has 0 bridgehead atoms. The van der Waals surface area contributed by atoms with Crippen molar-refractivity contribution < 1.29 is 4.74 Å². The van der Waals surface area contributed by atoms with Crippen LogP contribution in [0, 0.1) is 6.92 Å². The number of fused-ring (bicyclic) bond motifs is 1. The van der Waals surface area contributed by atoms with Crippen LogP contribution in [0.15, 0.2) is 28.9 Å². The Hall–Kier alpha value is -1.33. The summed E-state index contributed by atoms with van der Waals surface area (Å²) in [5, 5.41) is 4.37. The predicted octanol–water partition coefficient (Wildman–Crippen LogP) is 3.01. The summed E-state index contributed by atoms with van der Waals surface area (Å²) in [6, 6.07) is 6.00. The van der Waals surface area contributed by atoms with Crippen LogP contribution in [0.2, 0.25) is 0 Å². The quantitative estimate of drug-likeness (QED) is 0.878. The molecule has 2 heterocycles. The summed E-state index contributed by atoms with van der Waals surface area (Å²) < 4.78 is 8.92. The maximum Gasteiger partial charge on any atom is 0.129 e. The first kappa shape index (κ1) is 12.7. The van der Waals surface area contributed by atoms with E-state index in [1.165, 1.54) is 0 Å². The van der Waals surface area contributed by atoms with Crippen LogP contribution in [0.1, 0.15) is 35.4 Å². The molecular weight excluding hydrogens is 306 g/mol. The first-order chi connectivity index (χ1) is 9.04. The molecule has 1 aliphatic rings. The molecule has 1 aliphatic heterocycles. The summed E-state index contributed by atoms with van der Waals surface area (Å²) in [7, 11) is 1.92. The van der Waals surface area contributed by atoms with Gasteiger partial charge in [-0.15, -0.1) is 0 Å². The lowest BCUT2D eigenvalue weighted by atomic mass is 9.94. The van der Waals surface area contributed by atoms with Crippen LogP contribution in [0.25, 0.3) is 0 Å². The molecule has 0 spiro atoms. The van der Waals surface area contributed by atoms with Crippen molar-refractivity contribution in [1.82, 2.24) is 9.78 Å². The molecule has 4 nitrogen and oxygen atoms in total. The van der Waals surface area contributed by atoms with E-state index >= 15 is 0 Å². The molecule has 3 rings (SSSR count). The lowest BCUT2D eigenvalue weighted by molar-refractivity contribution is 0.160. The lowest BCUT2D eigenvalue weighted by Gasteiger charge is -2.30. The second kappa shape index (κ2) is 4.65.